The van der Waals surface area contributed by atoms with Crippen LogP contribution >= 0.6 is 0 Å². The van der Waals surface area contributed by atoms with Crippen molar-refractivity contribution < 1.29 is 14.3 Å². The number of carbonyl (C=O) groups excluding carboxylic acids is 1. The molecule has 1 aliphatic heterocycles. The van der Waals surface area contributed by atoms with E-state index in [1.807, 2.05) is 24.3 Å². The Morgan fingerprint density at radius 2 is 2.18 bits per heavy atom. The zero-order chi connectivity index (χ0) is 12.3. The number of benzene rings is 1. The largest absolute Gasteiger partial charge is 0.497 e. The van der Waals surface area contributed by atoms with Gasteiger partial charge >= 0.3 is 0 Å². The number of hydrogen-bond donors (Lipinski definition) is 0. The van der Waals surface area contributed by atoms with Crippen LogP contribution in [0.25, 0.3) is 0 Å². The zero-order valence-electron chi connectivity index (χ0n) is 9.89. The summed E-state index contributed by atoms with van der Waals surface area (Å²) in [6.45, 7) is 3.63. The molecule has 0 bridgehead atoms. The van der Waals surface area contributed by atoms with Crippen LogP contribution in [0.4, 0.5) is 0 Å². The minimum absolute atomic E-state index is 0.127. The number of ether oxygens (including phenoxy) is 2. The molecule has 90 valence electrons. The quantitative estimate of drug-likeness (QED) is 0.749. The van der Waals surface area contributed by atoms with E-state index in [1.54, 1.807) is 13.2 Å². The molecule has 1 heterocycles. The first-order valence-electron chi connectivity index (χ1n) is 5.67. The molecule has 2 atom stereocenters. The van der Waals surface area contributed by atoms with Gasteiger partial charge in [-0.05, 0) is 24.1 Å². The third-order valence-corrected chi connectivity index (χ3v) is 2.94. The number of Topliss-reactive ketones (excluding diaryl/α,β-unsaturated/α-hetero) is 1. The second-order valence-electron chi connectivity index (χ2n) is 4.08. The molecule has 1 aromatic rings. The molecule has 0 spiro atoms. The number of methoxy groups -OCH3 is 1. The van der Waals surface area contributed by atoms with Gasteiger partial charge in [0.05, 0.1) is 13.2 Å². The summed E-state index contributed by atoms with van der Waals surface area (Å²) in [7, 11) is 1.63. The van der Waals surface area contributed by atoms with Gasteiger partial charge in [-0.25, -0.2) is 0 Å². The summed E-state index contributed by atoms with van der Waals surface area (Å²) < 4.78 is 10.8. The average Bonchev–Trinajstić information content (AvgIpc) is 2.72. The van der Waals surface area contributed by atoms with Crippen molar-refractivity contribution in [1.29, 1.82) is 0 Å². The first kappa shape index (κ1) is 11.9. The first-order chi connectivity index (χ1) is 8.24. The van der Waals surface area contributed by atoms with E-state index in [1.165, 1.54) is 0 Å². The summed E-state index contributed by atoms with van der Waals surface area (Å²) >= 11 is 0. The van der Waals surface area contributed by atoms with Crippen LogP contribution in [0, 0.1) is 0 Å². The molecule has 0 aliphatic carbocycles. The van der Waals surface area contributed by atoms with Crippen LogP contribution in [0.3, 0.4) is 0 Å². The lowest BCUT2D eigenvalue weighted by Gasteiger charge is -2.11. The molecule has 1 aromatic carbocycles. The maximum Gasteiger partial charge on any atom is 0.164 e. The summed E-state index contributed by atoms with van der Waals surface area (Å²) in [5, 5.41) is 0. The van der Waals surface area contributed by atoms with E-state index in [2.05, 4.69) is 6.58 Å². The maximum absolute atomic E-state index is 11.7. The molecule has 3 heteroatoms. The van der Waals surface area contributed by atoms with Crippen LogP contribution in [-0.2, 0) is 9.53 Å². The van der Waals surface area contributed by atoms with Crippen molar-refractivity contribution in [2.75, 3.05) is 7.11 Å². The van der Waals surface area contributed by atoms with Gasteiger partial charge in [0.2, 0.25) is 0 Å². The lowest BCUT2D eigenvalue weighted by molar-refractivity contribution is -0.122. The molecule has 3 nitrogen and oxygen atoms in total. The van der Waals surface area contributed by atoms with Crippen molar-refractivity contribution in [2.24, 2.45) is 0 Å². The van der Waals surface area contributed by atoms with Gasteiger partial charge < -0.3 is 9.47 Å². The summed E-state index contributed by atoms with van der Waals surface area (Å²) in [6, 6.07) is 7.63. The highest BCUT2D eigenvalue weighted by Crippen LogP contribution is 2.32. The highest BCUT2D eigenvalue weighted by Gasteiger charge is 2.33. The minimum Gasteiger partial charge on any atom is -0.497 e. The molecule has 1 aliphatic rings. The molecule has 1 fully saturated rings. The minimum atomic E-state index is -0.320. The molecular formula is C14H16O3. The van der Waals surface area contributed by atoms with Crippen molar-refractivity contribution in [2.45, 2.75) is 25.0 Å². The normalized spacial score (nSPS) is 23.7. The highest BCUT2D eigenvalue weighted by molar-refractivity contribution is 5.85. The van der Waals surface area contributed by atoms with E-state index in [0.717, 1.165) is 11.3 Å². The van der Waals surface area contributed by atoms with E-state index < -0.39 is 0 Å². The number of carbonyl (C=O) groups is 1. The predicted octanol–water partition coefficient (Wildman–Crippen LogP) is 2.67. The molecule has 0 N–H and O–H groups in total. The van der Waals surface area contributed by atoms with E-state index in [-0.39, 0.29) is 18.0 Å². The lowest BCUT2D eigenvalue weighted by atomic mass is 10.0. The Hall–Kier alpha value is -1.61. The van der Waals surface area contributed by atoms with E-state index in [4.69, 9.17) is 9.47 Å². The van der Waals surface area contributed by atoms with E-state index in [0.29, 0.717) is 12.8 Å². The van der Waals surface area contributed by atoms with Crippen molar-refractivity contribution in [3.63, 3.8) is 0 Å². The Kier molecular flexibility index (Phi) is 3.59. The third kappa shape index (κ3) is 2.56. The molecule has 2 rings (SSSR count). The van der Waals surface area contributed by atoms with Crippen LogP contribution in [0.2, 0.25) is 0 Å². The summed E-state index contributed by atoms with van der Waals surface area (Å²) in [5.74, 6) is 0.964. The van der Waals surface area contributed by atoms with Crippen molar-refractivity contribution >= 4 is 5.78 Å². The molecular weight excluding hydrogens is 216 g/mol. The molecule has 0 aromatic heterocycles. The number of hydrogen-bond acceptors (Lipinski definition) is 3. The van der Waals surface area contributed by atoms with Crippen LogP contribution in [-0.4, -0.2) is 19.0 Å². The SMILES string of the molecule is C=CCC1OC(c2ccc(OC)cc2)CC1=O. The predicted molar refractivity (Wildman–Crippen MR) is 65.0 cm³/mol. The molecule has 0 amide bonds. The van der Waals surface area contributed by atoms with E-state index >= 15 is 0 Å². The summed E-state index contributed by atoms with van der Waals surface area (Å²) in [6.07, 6.45) is 2.31. The first-order valence-corrected chi connectivity index (χ1v) is 5.67. The molecule has 17 heavy (non-hydrogen) atoms. The van der Waals surface area contributed by atoms with Crippen LogP contribution in [0.5, 0.6) is 5.75 Å². The smallest absolute Gasteiger partial charge is 0.164 e. The summed E-state index contributed by atoms with van der Waals surface area (Å²) in [4.78, 5) is 11.7. The fourth-order valence-electron chi connectivity index (χ4n) is 1.99. The molecule has 1 saturated heterocycles. The Morgan fingerprint density at radius 1 is 1.47 bits per heavy atom. The fourth-order valence-corrected chi connectivity index (χ4v) is 1.99. The van der Waals surface area contributed by atoms with Crippen molar-refractivity contribution in [1.82, 2.24) is 0 Å². The number of rotatable bonds is 4. The average molecular weight is 232 g/mol. The topological polar surface area (TPSA) is 35.5 Å². The molecule has 0 saturated carbocycles. The zero-order valence-corrected chi connectivity index (χ0v) is 9.89. The highest BCUT2D eigenvalue weighted by atomic mass is 16.5. The second kappa shape index (κ2) is 5.15. The van der Waals surface area contributed by atoms with Gasteiger partial charge in [-0.15, -0.1) is 6.58 Å². The maximum atomic E-state index is 11.7. The third-order valence-electron chi connectivity index (χ3n) is 2.94. The lowest BCUT2D eigenvalue weighted by Crippen LogP contribution is -2.13. The number of ketones is 1. The summed E-state index contributed by atoms with van der Waals surface area (Å²) in [5.41, 5.74) is 1.02. The Bertz CT molecular complexity index is 408. The van der Waals surface area contributed by atoms with Crippen molar-refractivity contribution in [3.05, 3.63) is 42.5 Å². The fraction of sp³-hybridized carbons (Fsp3) is 0.357. The Balaban J connectivity index is 2.08. The van der Waals surface area contributed by atoms with Gasteiger partial charge in [0.1, 0.15) is 11.9 Å². The second-order valence-corrected chi connectivity index (χ2v) is 4.08. The molecule has 2 unspecified atom stereocenters. The Labute approximate surface area is 101 Å². The van der Waals surface area contributed by atoms with E-state index in [9.17, 15) is 4.79 Å². The van der Waals surface area contributed by atoms with Gasteiger partial charge in [-0.1, -0.05) is 18.2 Å². The van der Waals surface area contributed by atoms with Gasteiger partial charge in [0.25, 0.3) is 0 Å². The van der Waals surface area contributed by atoms with Crippen LogP contribution < -0.4 is 4.74 Å². The van der Waals surface area contributed by atoms with Gasteiger partial charge in [-0.2, -0.15) is 0 Å². The molecule has 0 radical (unpaired) electrons. The van der Waals surface area contributed by atoms with Gasteiger partial charge in [0.15, 0.2) is 5.78 Å². The van der Waals surface area contributed by atoms with Crippen molar-refractivity contribution in [3.8, 4) is 5.75 Å². The monoisotopic (exact) mass is 232 g/mol. The van der Waals surface area contributed by atoms with Crippen LogP contribution in [0.15, 0.2) is 36.9 Å². The van der Waals surface area contributed by atoms with Gasteiger partial charge in [-0.3, -0.25) is 4.79 Å². The van der Waals surface area contributed by atoms with Crippen LogP contribution in [0.1, 0.15) is 24.5 Å². The van der Waals surface area contributed by atoms with Gasteiger partial charge in [0, 0.05) is 6.42 Å². The Morgan fingerprint density at radius 3 is 2.76 bits per heavy atom. The standard InChI is InChI=1S/C14H16O3/c1-3-4-13-12(15)9-14(17-13)10-5-7-11(16-2)8-6-10/h3,5-8,13-14H,1,4,9H2,2H3.